The molecular formula is C24H26N4O5S2. The highest BCUT2D eigenvalue weighted by Gasteiger charge is 2.32. The van der Waals surface area contributed by atoms with E-state index in [0.29, 0.717) is 31.8 Å². The van der Waals surface area contributed by atoms with E-state index in [1.165, 1.54) is 42.5 Å². The van der Waals surface area contributed by atoms with Crippen molar-refractivity contribution in [3.63, 3.8) is 0 Å². The van der Waals surface area contributed by atoms with Crippen LogP contribution in [0.25, 0.3) is 11.3 Å². The van der Waals surface area contributed by atoms with Crippen molar-refractivity contribution in [2.24, 2.45) is 0 Å². The Kier molecular flexibility index (Phi) is 7.46. The number of benzene rings is 1. The monoisotopic (exact) mass is 514 g/mol. The normalized spacial score (nSPS) is 16.6. The minimum Gasteiger partial charge on any atom is -0.484 e. The van der Waals surface area contributed by atoms with Gasteiger partial charge in [-0.1, -0.05) is 0 Å². The van der Waals surface area contributed by atoms with Gasteiger partial charge in [0.1, 0.15) is 10.8 Å². The van der Waals surface area contributed by atoms with E-state index in [-0.39, 0.29) is 29.4 Å². The van der Waals surface area contributed by atoms with E-state index in [2.05, 4.69) is 4.98 Å². The van der Waals surface area contributed by atoms with E-state index in [0.717, 1.165) is 22.5 Å². The molecule has 0 spiro atoms. The first kappa shape index (κ1) is 24.8. The molecular weight excluding hydrogens is 488 g/mol. The van der Waals surface area contributed by atoms with E-state index in [4.69, 9.17) is 9.72 Å². The average Bonchev–Trinajstić information content (AvgIpc) is 3.22. The molecule has 2 aromatic heterocycles. The van der Waals surface area contributed by atoms with Gasteiger partial charge in [-0.2, -0.15) is 0 Å². The maximum absolute atomic E-state index is 13.3. The van der Waals surface area contributed by atoms with Crippen LogP contribution in [0.4, 0.5) is 0 Å². The summed E-state index contributed by atoms with van der Waals surface area (Å²) in [6, 6.07) is 9.44. The molecule has 1 saturated heterocycles. The van der Waals surface area contributed by atoms with Gasteiger partial charge in [0.05, 0.1) is 16.6 Å². The number of hydrogen-bond acceptors (Lipinski definition) is 8. The number of carbonyl (C=O) groups is 2. The summed E-state index contributed by atoms with van der Waals surface area (Å²) in [6.45, 7) is 2.65. The van der Waals surface area contributed by atoms with E-state index >= 15 is 0 Å². The van der Waals surface area contributed by atoms with E-state index in [1.54, 1.807) is 22.2 Å². The molecule has 0 aliphatic carbocycles. The molecule has 1 unspecified atom stereocenters. The average molecular weight is 515 g/mol. The van der Waals surface area contributed by atoms with E-state index < -0.39 is 9.84 Å². The molecule has 0 N–H and O–H groups in total. The van der Waals surface area contributed by atoms with Crippen molar-refractivity contribution in [2.75, 3.05) is 32.5 Å². The van der Waals surface area contributed by atoms with Crippen LogP contribution in [0.5, 0.6) is 5.75 Å². The lowest BCUT2D eigenvalue weighted by Gasteiger charge is -2.28. The minimum absolute atomic E-state index is 0.0307. The third-order valence-corrected chi connectivity index (χ3v) is 7.90. The summed E-state index contributed by atoms with van der Waals surface area (Å²) in [5.41, 5.74) is 1.76. The number of sulfone groups is 1. The van der Waals surface area contributed by atoms with Crippen molar-refractivity contribution in [1.29, 1.82) is 0 Å². The Labute approximate surface area is 208 Å². The summed E-state index contributed by atoms with van der Waals surface area (Å²) in [4.78, 5) is 37.7. The molecule has 1 aliphatic heterocycles. The first-order chi connectivity index (χ1) is 16.7. The largest absolute Gasteiger partial charge is 0.484 e. The molecule has 1 aromatic carbocycles. The summed E-state index contributed by atoms with van der Waals surface area (Å²) >= 11 is 1.48. The number of amides is 2. The van der Waals surface area contributed by atoms with Crippen molar-refractivity contribution in [3.05, 3.63) is 59.2 Å². The zero-order valence-electron chi connectivity index (χ0n) is 19.5. The molecule has 0 saturated carbocycles. The number of pyridine rings is 1. The highest BCUT2D eigenvalue weighted by molar-refractivity contribution is 7.90. The summed E-state index contributed by atoms with van der Waals surface area (Å²) in [7, 11) is -3.31. The first-order valence-corrected chi connectivity index (χ1v) is 13.8. The first-order valence-electron chi connectivity index (χ1n) is 11.1. The lowest BCUT2D eigenvalue weighted by molar-refractivity contribution is -0.136. The molecule has 184 valence electrons. The number of nitrogens with zero attached hydrogens (tertiary/aromatic N) is 4. The van der Waals surface area contributed by atoms with Crippen molar-refractivity contribution in [2.45, 2.75) is 24.3 Å². The third kappa shape index (κ3) is 6.04. The molecule has 35 heavy (non-hydrogen) atoms. The van der Waals surface area contributed by atoms with Gasteiger partial charge in [-0.05, 0) is 42.8 Å². The third-order valence-electron chi connectivity index (χ3n) is 5.82. The lowest BCUT2D eigenvalue weighted by atomic mass is 10.1. The van der Waals surface area contributed by atoms with Gasteiger partial charge in [-0.25, -0.2) is 13.4 Å². The van der Waals surface area contributed by atoms with Crippen LogP contribution in [-0.4, -0.2) is 72.5 Å². The number of aromatic nitrogens is 2. The fourth-order valence-corrected chi connectivity index (χ4v) is 5.51. The summed E-state index contributed by atoms with van der Waals surface area (Å²) in [5.74, 6) is 0.141. The topological polar surface area (TPSA) is 110 Å². The SMILES string of the molecule is CC(=O)N1CCC(c2nc(-c3ccncc3)cs2)N(C(=O)COc2ccc(S(C)(=O)=O)cc2)CC1. The molecule has 3 aromatic rings. The van der Waals surface area contributed by atoms with Crippen molar-refractivity contribution >= 4 is 33.0 Å². The number of ether oxygens (including phenoxy) is 1. The van der Waals surface area contributed by atoms with Crippen LogP contribution >= 0.6 is 11.3 Å². The minimum atomic E-state index is -3.31. The van der Waals surface area contributed by atoms with Gasteiger partial charge in [-0.3, -0.25) is 14.6 Å². The van der Waals surface area contributed by atoms with Gasteiger partial charge in [0, 0.05) is 56.2 Å². The maximum atomic E-state index is 13.3. The Bertz CT molecular complexity index is 1290. The van der Waals surface area contributed by atoms with Gasteiger partial charge < -0.3 is 14.5 Å². The predicted molar refractivity (Wildman–Crippen MR) is 132 cm³/mol. The Hall–Kier alpha value is -3.31. The quantitative estimate of drug-likeness (QED) is 0.497. The Morgan fingerprint density at radius 2 is 1.80 bits per heavy atom. The molecule has 1 atom stereocenters. The van der Waals surface area contributed by atoms with E-state index in [1.807, 2.05) is 17.5 Å². The number of carbonyl (C=O) groups excluding carboxylic acids is 2. The van der Waals surface area contributed by atoms with Crippen molar-refractivity contribution < 1.29 is 22.7 Å². The second-order valence-corrected chi connectivity index (χ2v) is 11.1. The summed E-state index contributed by atoms with van der Waals surface area (Å²) in [6.07, 6.45) is 5.12. The molecule has 2 amide bonds. The lowest BCUT2D eigenvalue weighted by Crippen LogP contribution is -2.40. The second-order valence-electron chi connectivity index (χ2n) is 8.24. The zero-order valence-corrected chi connectivity index (χ0v) is 21.1. The molecule has 0 radical (unpaired) electrons. The molecule has 3 heterocycles. The van der Waals surface area contributed by atoms with Crippen molar-refractivity contribution in [1.82, 2.24) is 19.8 Å². The van der Waals surface area contributed by atoms with Gasteiger partial charge in [0.15, 0.2) is 16.4 Å². The number of hydrogen-bond donors (Lipinski definition) is 0. The molecule has 1 aliphatic rings. The van der Waals surface area contributed by atoms with Gasteiger partial charge >= 0.3 is 0 Å². The summed E-state index contributed by atoms with van der Waals surface area (Å²) < 4.78 is 29.0. The standard InChI is InChI=1S/C24H26N4O5S2/c1-17(29)27-12-9-22(24-26-21(16-34-24)18-7-10-25-11-8-18)28(14-13-27)23(30)15-33-19-3-5-20(6-4-19)35(2,31)32/h3-8,10-11,16,22H,9,12-15H2,1-2H3. The second kappa shape index (κ2) is 10.5. The maximum Gasteiger partial charge on any atom is 0.261 e. The molecule has 9 nitrogen and oxygen atoms in total. The Morgan fingerprint density at radius 1 is 1.09 bits per heavy atom. The number of rotatable bonds is 6. The van der Waals surface area contributed by atoms with Crippen LogP contribution in [0.15, 0.2) is 59.1 Å². The van der Waals surface area contributed by atoms with Crippen LogP contribution in [0, 0.1) is 0 Å². The van der Waals surface area contributed by atoms with Crippen LogP contribution < -0.4 is 4.74 Å². The Balaban J connectivity index is 1.52. The van der Waals surface area contributed by atoms with Crippen LogP contribution in [-0.2, 0) is 19.4 Å². The van der Waals surface area contributed by atoms with Gasteiger partial charge in [0.25, 0.3) is 5.91 Å². The van der Waals surface area contributed by atoms with Crippen LogP contribution in [0.3, 0.4) is 0 Å². The molecule has 1 fully saturated rings. The van der Waals surface area contributed by atoms with Gasteiger partial charge in [-0.15, -0.1) is 11.3 Å². The molecule has 0 bridgehead atoms. The van der Waals surface area contributed by atoms with Crippen LogP contribution in [0.2, 0.25) is 0 Å². The van der Waals surface area contributed by atoms with Gasteiger partial charge in [0.2, 0.25) is 5.91 Å². The summed E-state index contributed by atoms with van der Waals surface area (Å²) in [5, 5.41) is 2.76. The number of thiazole rings is 1. The molecule has 11 heteroatoms. The molecule has 4 rings (SSSR count). The van der Waals surface area contributed by atoms with Crippen LogP contribution in [0.1, 0.15) is 24.4 Å². The smallest absolute Gasteiger partial charge is 0.261 e. The van der Waals surface area contributed by atoms with E-state index in [9.17, 15) is 18.0 Å². The zero-order chi connectivity index (χ0) is 25.0. The Morgan fingerprint density at radius 3 is 2.46 bits per heavy atom. The highest BCUT2D eigenvalue weighted by atomic mass is 32.2. The highest BCUT2D eigenvalue weighted by Crippen LogP contribution is 2.32. The predicted octanol–water partition coefficient (Wildman–Crippen LogP) is 2.81. The fraction of sp³-hybridized carbons (Fsp3) is 0.333. The fourth-order valence-electron chi connectivity index (χ4n) is 3.91. The van der Waals surface area contributed by atoms with Crippen molar-refractivity contribution in [3.8, 4) is 17.0 Å².